The first-order chi connectivity index (χ1) is 43.2. The molecule has 0 bridgehead atoms. The summed E-state index contributed by atoms with van der Waals surface area (Å²) in [5, 5.41) is 20.8. The molecule has 0 fully saturated rings. The van der Waals surface area contributed by atoms with Crippen molar-refractivity contribution >= 4 is 74.5 Å². The number of benzene rings is 6. The highest BCUT2D eigenvalue weighted by atomic mass is 35.5. The molecular weight excluding hydrogens is 1220 g/mol. The maximum Gasteiger partial charge on any atom is 0.355 e. The van der Waals surface area contributed by atoms with Gasteiger partial charge in [0.05, 0.1) is 73.9 Å². The lowest BCUT2D eigenvalue weighted by molar-refractivity contribution is 0.0512. The van der Waals surface area contributed by atoms with Crippen LogP contribution in [-0.4, -0.2) is 87.7 Å². The van der Waals surface area contributed by atoms with Gasteiger partial charge in [0.25, 0.3) is 0 Å². The van der Waals surface area contributed by atoms with Crippen LogP contribution in [0.3, 0.4) is 0 Å². The molecule has 0 saturated carbocycles. The smallest absolute Gasteiger partial charge is 0.355 e. The summed E-state index contributed by atoms with van der Waals surface area (Å²) in [6.45, 7) is 12.4. The Morgan fingerprint density at radius 1 is 0.500 bits per heavy atom. The Morgan fingerprint density at radius 2 is 1.02 bits per heavy atom. The van der Waals surface area contributed by atoms with Crippen molar-refractivity contribution in [2.45, 2.75) is 102 Å². The third-order valence-corrected chi connectivity index (χ3v) is 16.5. The van der Waals surface area contributed by atoms with Crippen LogP contribution in [0, 0.1) is 0 Å². The molecule has 484 valence electrons. The molecular formula is C74H83Cl3N6O9. The van der Waals surface area contributed by atoms with Crippen LogP contribution in [0.2, 0.25) is 15.1 Å². The highest BCUT2D eigenvalue weighted by Crippen LogP contribution is 2.47. The van der Waals surface area contributed by atoms with Gasteiger partial charge in [-0.15, -0.1) is 0 Å². The number of H-pyrrole nitrogens is 5. The van der Waals surface area contributed by atoms with E-state index in [1.165, 1.54) is 0 Å². The number of rotatable bonds is 20. The van der Waals surface area contributed by atoms with E-state index in [4.69, 9.17) is 58.5 Å². The second-order valence-electron chi connectivity index (χ2n) is 20.7. The molecule has 11 rings (SSSR count). The quantitative estimate of drug-likeness (QED) is 0.0398. The van der Waals surface area contributed by atoms with Crippen LogP contribution in [0.25, 0.3) is 89.0 Å². The Bertz CT molecular complexity index is 4320. The van der Waals surface area contributed by atoms with Crippen LogP contribution in [0.5, 0.6) is 17.2 Å². The third kappa shape index (κ3) is 14.6. The molecule has 0 atom stereocenters. The Labute approximate surface area is 554 Å². The van der Waals surface area contributed by atoms with Gasteiger partial charge < -0.3 is 48.7 Å². The summed E-state index contributed by atoms with van der Waals surface area (Å²) in [5.74, 6) is 0.107. The number of methoxy groups -OCH3 is 3. The minimum atomic E-state index is -0.986. The van der Waals surface area contributed by atoms with E-state index in [-0.39, 0.29) is 41.2 Å². The van der Waals surface area contributed by atoms with E-state index in [1.54, 1.807) is 53.5 Å². The first kappa shape index (κ1) is 71.9. The van der Waals surface area contributed by atoms with Gasteiger partial charge in [-0.1, -0.05) is 152 Å². The summed E-state index contributed by atoms with van der Waals surface area (Å²) in [6.07, 6.45) is 8.67. The number of nitrogens with one attached hydrogen (secondary N) is 5. The molecule has 0 radical (unpaired) electrons. The zero-order valence-electron chi connectivity index (χ0n) is 51.2. The van der Waals surface area contributed by atoms with E-state index in [0.29, 0.717) is 62.1 Å². The van der Waals surface area contributed by atoms with Crippen molar-refractivity contribution < 1.29 is 43.2 Å². The number of aromatic amines is 5. The zero-order chi connectivity index (χ0) is 63.5. The number of carboxylic acids is 1. The fraction of sp³-hybridized carbons (Fsp3) is 0.270. The number of ether oxygens (including phenoxy) is 5. The van der Waals surface area contributed by atoms with Crippen LogP contribution >= 0.6 is 34.8 Å². The maximum absolute atomic E-state index is 12.9. The number of aromatic carboxylic acids is 1. The molecule has 6 aromatic carbocycles. The standard InChI is InChI=1S/C25H28ClNO4.C23H22ClN3O3.C23H21ClN2O2.3CH4/c1-6-15-12-13-17(18(26)14-15)21-16(7-2)23(27-24(21)25(28)31-8-3)22-19(29-4)10-9-11-20(22)30-5;1-4-14-20(16-10-9-13(29-3)11-18(16)24)22(23(28)30-5-2)26-21(14)15-7-6-8-19-17(15)12-25-27-19;1-2-3-7-17-20(16-8-4-5-10-18(16)24)22(23(27)28)26-21(17)15-9-6-11-19-14(15)12-13-25-19;;;/h9-14,27H,6-8H2,1-5H3;6-12,26H,4-5H2,1-3H3,(H,25,27);4-6,8-13,25-26H,2-3,7H2,1H3,(H,27,28);3*1H4. The van der Waals surface area contributed by atoms with E-state index in [1.807, 2.05) is 122 Å². The predicted molar refractivity (Wildman–Crippen MR) is 377 cm³/mol. The maximum atomic E-state index is 12.9. The Balaban J connectivity index is 0.000000216. The van der Waals surface area contributed by atoms with Crippen LogP contribution in [0.1, 0.15) is 130 Å². The van der Waals surface area contributed by atoms with E-state index < -0.39 is 17.9 Å². The molecule has 15 nitrogen and oxygen atoms in total. The molecule has 0 aliphatic carbocycles. The highest BCUT2D eigenvalue weighted by molar-refractivity contribution is 6.35. The molecule has 0 spiro atoms. The van der Waals surface area contributed by atoms with Crippen LogP contribution in [-0.2, 0) is 35.2 Å². The number of hydrogen-bond donors (Lipinski definition) is 6. The molecule has 5 heterocycles. The fourth-order valence-electron chi connectivity index (χ4n) is 11.4. The minimum Gasteiger partial charge on any atom is -0.497 e. The topological polar surface area (TPSA) is 209 Å². The summed E-state index contributed by atoms with van der Waals surface area (Å²) < 4.78 is 27.2. The number of halogens is 3. The van der Waals surface area contributed by atoms with Crippen molar-refractivity contribution in [3.8, 4) is 84.4 Å². The molecule has 18 heteroatoms. The van der Waals surface area contributed by atoms with E-state index in [0.717, 1.165) is 131 Å². The third-order valence-electron chi connectivity index (χ3n) is 15.6. The predicted octanol–water partition coefficient (Wildman–Crippen LogP) is 20.4. The van der Waals surface area contributed by atoms with Gasteiger partial charge >= 0.3 is 17.9 Å². The average molecular weight is 1310 g/mol. The number of aryl methyl sites for hydroxylation is 1. The molecule has 92 heavy (non-hydrogen) atoms. The van der Waals surface area contributed by atoms with Gasteiger partial charge in [-0.2, -0.15) is 5.10 Å². The van der Waals surface area contributed by atoms with Gasteiger partial charge in [-0.05, 0) is 129 Å². The number of hydrogen-bond acceptors (Lipinski definition) is 9. The molecule has 6 N–H and O–H groups in total. The lowest BCUT2D eigenvalue weighted by Gasteiger charge is -2.14. The summed E-state index contributed by atoms with van der Waals surface area (Å²) in [7, 11) is 4.81. The lowest BCUT2D eigenvalue weighted by Crippen LogP contribution is -2.07. The number of carbonyl (C=O) groups excluding carboxylic acids is 2. The zero-order valence-corrected chi connectivity index (χ0v) is 53.4. The van der Waals surface area contributed by atoms with E-state index in [9.17, 15) is 19.5 Å². The normalized spacial score (nSPS) is 10.7. The summed E-state index contributed by atoms with van der Waals surface area (Å²) >= 11 is 19.7. The van der Waals surface area contributed by atoms with Crippen molar-refractivity contribution in [1.82, 2.24) is 30.1 Å². The van der Waals surface area contributed by atoms with Crippen molar-refractivity contribution in [2.75, 3.05) is 34.5 Å². The SMILES string of the molecule is C.C.C.CCCCc1c(-c2cccc3[nH]ccc23)[nH]c(C(=O)O)c1-c1ccccc1Cl.CCOC(=O)c1[nH]c(-c2c(OC)cccc2OC)c(CC)c1-c1ccc(CC)cc1Cl.CCOC(=O)c1[nH]c(-c2cccc3[nH]ncc23)c(CC)c1-c1ccc(OC)cc1Cl. The molecule has 0 amide bonds. The monoisotopic (exact) mass is 1300 g/mol. The van der Waals surface area contributed by atoms with Gasteiger partial charge in [0.1, 0.15) is 34.3 Å². The Hall–Kier alpha value is -9.15. The molecule has 11 aromatic rings. The second-order valence-corrected chi connectivity index (χ2v) is 21.9. The number of carbonyl (C=O) groups is 3. The number of unbranched alkanes of at least 4 members (excludes halogenated alkanes) is 1. The Kier molecular flexibility index (Phi) is 25.6. The van der Waals surface area contributed by atoms with Gasteiger partial charge in [-0.3, -0.25) is 5.10 Å². The minimum absolute atomic E-state index is 0. The molecule has 0 unspecified atom stereocenters. The number of carboxylic acid groups (broad SMARTS) is 1. The highest BCUT2D eigenvalue weighted by Gasteiger charge is 2.31. The number of nitrogens with zero attached hydrogens (tertiary/aromatic N) is 1. The van der Waals surface area contributed by atoms with Crippen molar-refractivity contribution in [3.63, 3.8) is 0 Å². The number of aromatic nitrogens is 6. The molecule has 0 saturated heterocycles. The van der Waals surface area contributed by atoms with Crippen molar-refractivity contribution in [1.29, 1.82) is 0 Å². The largest absolute Gasteiger partial charge is 0.497 e. The van der Waals surface area contributed by atoms with Crippen LogP contribution in [0.4, 0.5) is 0 Å². The van der Waals surface area contributed by atoms with Gasteiger partial charge in [0.2, 0.25) is 0 Å². The summed E-state index contributed by atoms with van der Waals surface area (Å²) in [5.41, 5.74) is 16.6. The number of esters is 2. The van der Waals surface area contributed by atoms with Crippen molar-refractivity contribution in [2.24, 2.45) is 0 Å². The van der Waals surface area contributed by atoms with E-state index in [2.05, 4.69) is 50.9 Å². The average Bonchev–Trinajstić information content (AvgIpc) is 1.64. The molecule has 0 aliphatic heterocycles. The van der Waals surface area contributed by atoms with E-state index >= 15 is 0 Å². The van der Waals surface area contributed by atoms with Gasteiger partial charge in [0.15, 0.2) is 0 Å². The first-order valence-corrected chi connectivity index (χ1v) is 30.7. The Morgan fingerprint density at radius 3 is 1.58 bits per heavy atom. The second kappa shape index (κ2) is 32.7. The number of fused-ring (bicyclic) bond motifs is 2. The van der Waals surface area contributed by atoms with Crippen molar-refractivity contribution in [3.05, 3.63) is 188 Å². The van der Waals surface area contributed by atoms with Gasteiger partial charge in [-0.25, -0.2) is 14.4 Å². The van der Waals surface area contributed by atoms with Crippen LogP contribution < -0.4 is 14.2 Å². The first-order valence-electron chi connectivity index (χ1n) is 29.6. The lowest BCUT2D eigenvalue weighted by atomic mass is 9.93. The molecule has 0 aliphatic rings. The fourth-order valence-corrected chi connectivity index (χ4v) is 12.2. The van der Waals surface area contributed by atoms with Gasteiger partial charge in [0, 0.05) is 77.0 Å². The van der Waals surface area contributed by atoms with Crippen LogP contribution in [0.15, 0.2) is 134 Å². The summed E-state index contributed by atoms with van der Waals surface area (Å²) in [4.78, 5) is 51.0. The molecule has 5 aromatic heterocycles. The summed E-state index contributed by atoms with van der Waals surface area (Å²) in [6, 6.07) is 38.4.